The van der Waals surface area contributed by atoms with Crippen molar-refractivity contribution in [2.75, 3.05) is 0 Å². The smallest absolute Gasteiger partial charge is 0.255 e. The molecule has 0 unspecified atom stereocenters. The fourth-order valence-corrected chi connectivity index (χ4v) is 1.31. The zero-order valence-corrected chi connectivity index (χ0v) is 9.23. The maximum absolute atomic E-state index is 11.7. The van der Waals surface area contributed by atoms with Gasteiger partial charge in [0.05, 0.1) is 5.60 Å². The van der Waals surface area contributed by atoms with E-state index in [1.54, 1.807) is 36.7 Å². The molecule has 0 spiro atoms. The Morgan fingerprint density at radius 2 is 2.20 bits per heavy atom. The SMILES string of the molecule is CC(C)(O)CCn1cccc(CN)c1=O. The molecule has 0 bridgehead atoms. The van der Waals surface area contributed by atoms with Gasteiger partial charge >= 0.3 is 0 Å². The molecule has 0 amide bonds. The average Bonchev–Trinajstić information content (AvgIpc) is 2.15. The minimum Gasteiger partial charge on any atom is -0.390 e. The summed E-state index contributed by atoms with van der Waals surface area (Å²) in [7, 11) is 0. The highest BCUT2D eigenvalue weighted by molar-refractivity contribution is 5.09. The van der Waals surface area contributed by atoms with Crippen molar-refractivity contribution in [1.29, 1.82) is 0 Å². The van der Waals surface area contributed by atoms with Gasteiger partial charge in [-0.3, -0.25) is 4.79 Å². The van der Waals surface area contributed by atoms with Crippen LogP contribution in [0.2, 0.25) is 0 Å². The van der Waals surface area contributed by atoms with E-state index in [0.29, 0.717) is 18.5 Å². The minimum absolute atomic E-state index is 0.0655. The third-order valence-electron chi connectivity index (χ3n) is 2.28. The fraction of sp³-hybridized carbons (Fsp3) is 0.545. The molecule has 1 heterocycles. The van der Waals surface area contributed by atoms with Crippen molar-refractivity contribution in [1.82, 2.24) is 4.57 Å². The van der Waals surface area contributed by atoms with Gasteiger partial charge in [-0.2, -0.15) is 0 Å². The molecule has 1 rings (SSSR count). The first kappa shape index (κ1) is 11.9. The Morgan fingerprint density at radius 1 is 1.53 bits per heavy atom. The molecule has 0 atom stereocenters. The number of aromatic nitrogens is 1. The second-order valence-corrected chi connectivity index (χ2v) is 4.30. The molecule has 0 aliphatic heterocycles. The van der Waals surface area contributed by atoms with E-state index in [-0.39, 0.29) is 12.1 Å². The molecule has 4 nitrogen and oxygen atoms in total. The predicted molar refractivity (Wildman–Crippen MR) is 59.5 cm³/mol. The van der Waals surface area contributed by atoms with Gasteiger partial charge in [-0.05, 0) is 26.3 Å². The Morgan fingerprint density at radius 3 is 2.73 bits per heavy atom. The van der Waals surface area contributed by atoms with Crippen LogP contribution in [0, 0.1) is 0 Å². The average molecular weight is 210 g/mol. The molecule has 0 aliphatic rings. The van der Waals surface area contributed by atoms with E-state index in [1.807, 2.05) is 0 Å². The summed E-state index contributed by atoms with van der Waals surface area (Å²) in [6, 6.07) is 3.52. The molecule has 1 aromatic heterocycles. The van der Waals surface area contributed by atoms with Gasteiger partial charge in [-0.25, -0.2) is 0 Å². The number of nitrogens with two attached hydrogens (primary N) is 1. The van der Waals surface area contributed by atoms with E-state index in [1.165, 1.54) is 0 Å². The zero-order chi connectivity index (χ0) is 11.5. The lowest BCUT2D eigenvalue weighted by Gasteiger charge is -2.17. The van der Waals surface area contributed by atoms with Gasteiger partial charge in [0.15, 0.2) is 0 Å². The van der Waals surface area contributed by atoms with Crippen LogP contribution in [0.5, 0.6) is 0 Å². The number of hydrogen-bond donors (Lipinski definition) is 2. The summed E-state index contributed by atoms with van der Waals surface area (Å²) in [5, 5.41) is 9.56. The molecule has 0 fully saturated rings. The van der Waals surface area contributed by atoms with Crippen LogP contribution < -0.4 is 11.3 Å². The van der Waals surface area contributed by atoms with E-state index in [9.17, 15) is 9.90 Å². The lowest BCUT2D eigenvalue weighted by Crippen LogP contribution is -2.28. The standard InChI is InChI=1S/C11H18N2O2/c1-11(2,15)5-7-13-6-3-4-9(8-12)10(13)14/h3-4,6,15H,5,7-8,12H2,1-2H3. The summed E-state index contributed by atoms with van der Waals surface area (Å²) < 4.78 is 1.58. The fourth-order valence-electron chi connectivity index (χ4n) is 1.31. The van der Waals surface area contributed by atoms with Gasteiger partial charge in [0.2, 0.25) is 0 Å². The molecule has 3 N–H and O–H groups in total. The van der Waals surface area contributed by atoms with Crippen LogP contribution in [-0.4, -0.2) is 15.3 Å². The van der Waals surface area contributed by atoms with Gasteiger partial charge in [0.1, 0.15) is 0 Å². The first-order valence-electron chi connectivity index (χ1n) is 5.05. The number of nitrogens with zero attached hydrogens (tertiary/aromatic N) is 1. The monoisotopic (exact) mass is 210 g/mol. The van der Waals surface area contributed by atoms with Crippen molar-refractivity contribution in [3.63, 3.8) is 0 Å². The van der Waals surface area contributed by atoms with Crippen molar-refractivity contribution in [2.24, 2.45) is 5.73 Å². The Labute approximate surface area is 89.3 Å². The molecule has 1 aromatic rings. The quantitative estimate of drug-likeness (QED) is 0.759. The summed E-state index contributed by atoms with van der Waals surface area (Å²) in [6.07, 6.45) is 2.26. The Kier molecular flexibility index (Phi) is 3.66. The highest BCUT2D eigenvalue weighted by Crippen LogP contribution is 2.07. The molecular weight excluding hydrogens is 192 g/mol. The second-order valence-electron chi connectivity index (χ2n) is 4.30. The highest BCUT2D eigenvalue weighted by atomic mass is 16.3. The summed E-state index contributed by atoms with van der Waals surface area (Å²) in [6.45, 7) is 4.22. The Bertz CT molecular complexity index is 377. The van der Waals surface area contributed by atoms with E-state index in [2.05, 4.69) is 0 Å². The third-order valence-corrected chi connectivity index (χ3v) is 2.28. The van der Waals surface area contributed by atoms with Crippen LogP contribution in [-0.2, 0) is 13.1 Å². The van der Waals surface area contributed by atoms with Crippen molar-refractivity contribution < 1.29 is 5.11 Å². The molecule has 0 aliphatic carbocycles. The van der Waals surface area contributed by atoms with Crippen molar-refractivity contribution >= 4 is 0 Å². The molecule has 84 valence electrons. The number of hydrogen-bond acceptors (Lipinski definition) is 3. The third kappa shape index (κ3) is 3.49. The van der Waals surface area contributed by atoms with Crippen molar-refractivity contribution in [3.8, 4) is 0 Å². The van der Waals surface area contributed by atoms with Crippen molar-refractivity contribution in [2.45, 2.75) is 39.0 Å². The maximum atomic E-state index is 11.7. The van der Waals surface area contributed by atoms with E-state index in [0.717, 1.165) is 0 Å². The zero-order valence-electron chi connectivity index (χ0n) is 9.23. The van der Waals surface area contributed by atoms with Crippen LogP contribution >= 0.6 is 0 Å². The molecule has 4 heteroatoms. The number of aliphatic hydroxyl groups is 1. The van der Waals surface area contributed by atoms with Gasteiger partial charge in [0, 0.05) is 24.8 Å². The van der Waals surface area contributed by atoms with Gasteiger partial charge in [-0.1, -0.05) is 6.07 Å². The van der Waals surface area contributed by atoms with Crippen LogP contribution in [0.1, 0.15) is 25.8 Å². The maximum Gasteiger partial charge on any atom is 0.255 e. The molecule has 0 aromatic carbocycles. The number of aryl methyl sites for hydroxylation is 1. The van der Waals surface area contributed by atoms with Gasteiger partial charge in [-0.15, -0.1) is 0 Å². The molecular formula is C11H18N2O2. The normalized spacial score (nSPS) is 11.7. The largest absolute Gasteiger partial charge is 0.390 e. The van der Waals surface area contributed by atoms with Crippen LogP contribution in [0.15, 0.2) is 23.1 Å². The minimum atomic E-state index is -0.752. The first-order valence-corrected chi connectivity index (χ1v) is 5.05. The van der Waals surface area contributed by atoms with E-state index in [4.69, 9.17) is 5.73 Å². The first-order chi connectivity index (χ1) is 6.94. The van der Waals surface area contributed by atoms with E-state index < -0.39 is 5.60 Å². The van der Waals surface area contributed by atoms with E-state index >= 15 is 0 Å². The van der Waals surface area contributed by atoms with Crippen LogP contribution in [0.4, 0.5) is 0 Å². The Hall–Kier alpha value is -1.13. The molecule has 0 radical (unpaired) electrons. The predicted octanol–water partition coefficient (Wildman–Crippen LogP) is 0.468. The number of pyridine rings is 1. The molecule has 0 saturated heterocycles. The van der Waals surface area contributed by atoms with Gasteiger partial charge < -0.3 is 15.4 Å². The summed E-state index contributed by atoms with van der Waals surface area (Å²) in [5.74, 6) is 0. The second kappa shape index (κ2) is 4.59. The van der Waals surface area contributed by atoms with Gasteiger partial charge in [0.25, 0.3) is 5.56 Å². The molecule has 0 saturated carbocycles. The number of rotatable bonds is 4. The Balaban J connectivity index is 2.83. The lowest BCUT2D eigenvalue weighted by atomic mass is 10.1. The highest BCUT2D eigenvalue weighted by Gasteiger charge is 2.12. The lowest BCUT2D eigenvalue weighted by molar-refractivity contribution is 0.0659. The van der Waals surface area contributed by atoms with Crippen LogP contribution in [0.3, 0.4) is 0 Å². The summed E-state index contributed by atoms with van der Waals surface area (Å²) >= 11 is 0. The topological polar surface area (TPSA) is 68.2 Å². The summed E-state index contributed by atoms with van der Waals surface area (Å²) in [4.78, 5) is 11.7. The van der Waals surface area contributed by atoms with Crippen molar-refractivity contribution in [3.05, 3.63) is 34.2 Å². The van der Waals surface area contributed by atoms with Crippen LogP contribution in [0.25, 0.3) is 0 Å². The molecule has 15 heavy (non-hydrogen) atoms. The summed E-state index contributed by atoms with van der Waals surface area (Å²) in [5.41, 5.74) is 5.23.